The van der Waals surface area contributed by atoms with Crippen LogP contribution in [0.3, 0.4) is 0 Å². The molecule has 1 unspecified atom stereocenters. The summed E-state index contributed by atoms with van der Waals surface area (Å²) in [6.45, 7) is 1.98. The van der Waals surface area contributed by atoms with Gasteiger partial charge in [0.2, 0.25) is 0 Å². The Bertz CT molecular complexity index is 660. The highest BCUT2D eigenvalue weighted by atomic mass is 16.5. The van der Waals surface area contributed by atoms with Gasteiger partial charge in [-0.25, -0.2) is 4.79 Å². The second-order valence-electron chi connectivity index (χ2n) is 4.91. The van der Waals surface area contributed by atoms with Crippen LogP contribution in [0, 0.1) is 0 Å². The number of benzene rings is 2. The van der Waals surface area contributed by atoms with Crippen molar-refractivity contribution in [3.8, 4) is 5.75 Å². The van der Waals surface area contributed by atoms with Crippen molar-refractivity contribution in [3.63, 3.8) is 0 Å². The lowest BCUT2D eigenvalue weighted by atomic mass is 9.99. The highest BCUT2D eigenvalue weighted by molar-refractivity contribution is 5.95. The summed E-state index contributed by atoms with van der Waals surface area (Å²) in [5.74, 6) is 0.197. The van der Waals surface area contributed by atoms with Crippen molar-refractivity contribution in [1.29, 1.82) is 0 Å². The van der Waals surface area contributed by atoms with Crippen molar-refractivity contribution in [3.05, 3.63) is 71.3 Å². The summed E-state index contributed by atoms with van der Waals surface area (Å²) < 4.78 is 10.2. The fourth-order valence-corrected chi connectivity index (χ4v) is 2.16. The Hall–Kier alpha value is -2.59. The molecule has 2 rings (SSSR count). The average molecular weight is 312 g/mol. The lowest BCUT2D eigenvalue weighted by Crippen LogP contribution is -2.14. The Morgan fingerprint density at radius 3 is 2.35 bits per heavy atom. The van der Waals surface area contributed by atoms with Crippen molar-refractivity contribution in [2.75, 3.05) is 13.7 Å². The van der Waals surface area contributed by atoms with Crippen LogP contribution in [0.2, 0.25) is 0 Å². The summed E-state index contributed by atoms with van der Waals surface area (Å²) in [6, 6.07) is 16.2. The average Bonchev–Trinajstić information content (AvgIpc) is 2.60. The van der Waals surface area contributed by atoms with Crippen molar-refractivity contribution in [1.82, 2.24) is 0 Å². The molecule has 1 atom stereocenters. The third-order valence-electron chi connectivity index (χ3n) is 3.36. The Balaban J connectivity index is 2.36. The largest absolute Gasteiger partial charge is 0.497 e. The van der Waals surface area contributed by atoms with Crippen LogP contribution < -0.4 is 4.74 Å². The van der Waals surface area contributed by atoms with E-state index < -0.39 is 12.1 Å². The van der Waals surface area contributed by atoms with E-state index in [1.807, 2.05) is 30.3 Å². The predicted molar refractivity (Wildman–Crippen MR) is 89.0 cm³/mol. The first-order valence-corrected chi connectivity index (χ1v) is 7.41. The lowest BCUT2D eigenvalue weighted by Gasteiger charge is -2.14. The van der Waals surface area contributed by atoms with Crippen molar-refractivity contribution >= 4 is 12.0 Å². The number of carbonyl (C=O) groups excluding carboxylic acids is 1. The zero-order valence-electron chi connectivity index (χ0n) is 13.2. The Morgan fingerprint density at radius 2 is 1.78 bits per heavy atom. The topological polar surface area (TPSA) is 55.8 Å². The quantitative estimate of drug-likeness (QED) is 0.656. The molecule has 0 spiro atoms. The fraction of sp³-hybridized carbons (Fsp3) is 0.211. The van der Waals surface area contributed by atoms with E-state index in [4.69, 9.17) is 9.47 Å². The van der Waals surface area contributed by atoms with Crippen molar-refractivity contribution < 1.29 is 19.4 Å². The molecule has 0 saturated carbocycles. The standard InChI is InChI=1S/C19H20O4/c1-3-23-19(21)17(18(20)15-7-5-4-6-8-15)13-14-9-11-16(22-2)12-10-14/h4-13,18,20H,3H2,1-2H3/b17-13+. The predicted octanol–water partition coefficient (Wildman–Crippen LogP) is 3.38. The van der Waals surface area contributed by atoms with E-state index in [-0.39, 0.29) is 12.2 Å². The highest BCUT2D eigenvalue weighted by Gasteiger charge is 2.21. The summed E-state index contributed by atoms with van der Waals surface area (Å²) in [5.41, 5.74) is 1.62. The second kappa shape index (κ2) is 8.15. The molecule has 0 amide bonds. The summed E-state index contributed by atoms with van der Waals surface area (Å²) in [6.07, 6.45) is 0.590. The maximum absolute atomic E-state index is 12.2. The molecule has 1 N–H and O–H groups in total. The Morgan fingerprint density at radius 1 is 1.13 bits per heavy atom. The molecule has 4 heteroatoms. The molecule has 0 bridgehead atoms. The fourth-order valence-electron chi connectivity index (χ4n) is 2.16. The summed E-state index contributed by atoms with van der Waals surface area (Å²) in [5, 5.41) is 10.5. The van der Waals surface area contributed by atoms with Gasteiger partial charge in [-0.05, 0) is 36.3 Å². The maximum atomic E-state index is 12.2. The van der Waals surface area contributed by atoms with Gasteiger partial charge in [-0.3, -0.25) is 0 Å². The zero-order chi connectivity index (χ0) is 16.7. The first-order valence-electron chi connectivity index (χ1n) is 7.41. The number of rotatable bonds is 6. The Kier molecular flexibility index (Phi) is 5.94. The molecule has 0 aliphatic heterocycles. The van der Waals surface area contributed by atoms with Crippen LogP contribution in [-0.4, -0.2) is 24.8 Å². The molecule has 2 aromatic carbocycles. The number of carbonyl (C=O) groups is 1. The molecular weight excluding hydrogens is 292 g/mol. The lowest BCUT2D eigenvalue weighted by molar-refractivity contribution is -0.139. The van der Waals surface area contributed by atoms with Gasteiger partial charge in [0.1, 0.15) is 11.9 Å². The van der Waals surface area contributed by atoms with Crippen LogP contribution in [0.25, 0.3) is 6.08 Å². The number of ether oxygens (including phenoxy) is 2. The van der Waals surface area contributed by atoms with E-state index in [0.717, 1.165) is 11.3 Å². The van der Waals surface area contributed by atoms with E-state index in [1.165, 1.54) is 0 Å². The Labute approximate surface area is 136 Å². The molecular formula is C19H20O4. The van der Waals surface area contributed by atoms with Crippen LogP contribution in [0.15, 0.2) is 60.2 Å². The van der Waals surface area contributed by atoms with Crippen LogP contribution in [0.4, 0.5) is 0 Å². The molecule has 0 heterocycles. The van der Waals surface area contributed by atoms with Gasteiger partial charge in [0, 0.05) is 0 Å². The first-order chi connectivity index (χ1) is 11.2. The minimum atomic E-state index is -1.04. The van der Waals surface area contributed by atoms with Gasteiger partial charge >= 0.3 is 5.97 Å². The molecule has 0 aromatic heterocycles. The molecule has 120 valence electrons. The zero-order valence-corrected chi connectivity index (χ0v) is 13.2. The second-order valence-corrected chi connectivity index (χ2v) is 4.91. The summed E-state index contributed by atoms with van der Waals surface area (Å²) >= 11 is 0. The van der Waals surface area contributed by atoms with E-state index in [9.17, 15) is 9.90 Å². The van der Waals surface area contributed by atoms with Crippen LogP contribution in [-0.2, 0) is 9.53 Å². The molecule has 4 nitrogen and oxygen atoms in total. The summed E-state index contributed by atoms with van der Waals surface area (Å²) in [4.78, 5) is 12.2. The molecule has 23 heavy (non-hydrogen) atoms. The number of hydrogen-bond acceptors (Lipinski definition) is 4. The number of hydrogen-bond donors (Lipinski definition) is 1. The van der Waals surface area contributed by atoms with Crippen LogP contribution in [0.1, 0.15) is 24.2 Å². The molecule has 0 aliphatic rings. The maximum Gasteiger partial charge on any atom is 0.337 e. The van der Waals surface area contributed by atoms with Gasteiger partial charge in [0.25, 0.3) is 0 Å². The van der Waals surface area contributed by atoms with Crippen LogP contribution in [0.5, 0.6) is 5.75 Å². The SMILES string of the molecule is CCOC(=O)/C(=C/c1ccc(OC)cc1)C(O)c1ccccc1. The van der Waals surface area contributed by atoms with Gasteiger partial charge in [-0.15, -0.1) is 0 Å². The normalized spacial score (nSPS) is 12.6. The monoisotopic (exact) mass is 312 g/mol. The third-order valence-corrected chi connectivity index (χ3v) is 3.36. The summed E-state index contributed by atoms with van der Waals surface area (Å²) in [7, 11) is 1.59. The molecule has 0 aliphatic carbocycles. The van der Waals surface area contributed by atoms with Gasteiger partial charge < -0.3 is 14.6 Å². The number of aliphatic hydroxyl groups is 1. The molecule has 2 aromatic rings. The van der Waals surface area contributed by atoms with E-state index >= 15 is 0 Å². The van der Waals surface area contributed by atoms with E-state index in [2.05, 4.69) is 0 Å². The van der Waals surface area contributed by atoms with Gasteiger partial charge in [-0.2, -0.15) is 0 Å². The molecule has 0 saturated heterocycles. The number of methoxy groups -OCH3 is 1. The third kappa shape index (κ3) is 4.44. The minimum Gasteiger partial charge on any atom is -0.497 e. The van der Waals surface area contributed by atoms with Crippen LogP contribution >= 0.6 is 0 Å². The van der Waals surface area contributed by atoms with Gasteiger partial charge in [0.15, 0.2) is 0 Å². The molecule has 0 radical (unpaired) electrons. The van der Waals surface area contributed by atoms with Gasteiger partial charge in [-0.1, -0.05) is 42.5 Å². The highest BCUT2D eigenvalue weighted by Crippen LogP contribution is 2.25. The smallest absolute Gasteiger partial charge is 0.337 e. The molecule has 0 fully saturated rings. The first kappa shape index (κ1) is 16.8. The number of aliphatic hydroxyl groups excluding tert-OH is 1. The minimum absolute atomic E-state index is 0.197. The van der Waals surface area contributed by atoms with E-state index in [0.29, 0.717) is 5.56 Å². The number of esters is 1. The van der Waals surface area contributed by atoms with E-state index in [1.54, 1.807) is 44.4 Å². The van der Waals surface area contributed by atoms with Gasteiger partial charge in [0.05, 0.1) is 19.3 Å². The van der Waals surface area contributed by atoms with Crippen molar-refractivity contribution in [2.24, 2.45) is 0 Å². The van der Waals surface area contributed by atoms with Crippen molar-refractivity contribution in [2.45, 2.75) is 13.0 Å².